The Morgan fingerprint density at radius 2 is 1.10 bits per heavy atom. The summed E-state index contributed by atoms with van der Waals surface area (Å²) in [5.41, 5.74) is -0.887. The quantitative estimate of drug-likeness (QED) is 0.121. The fourth-order valence-electron chi connectivity index (χ4n) is 3.52. The molecule has 0 heterocycles. The second-order valence-electron chi connectivity index (χ2n) is 7.37. The summed E-state index contributed by atoms with van der Waals surface area (Å²) in [5.74, 6) is -1.81. The Kier molecular flexibility index (Phi) is 12.2. The van der Waals surface area contributed by atoms with Gasteiger partial charge < -0.3 is 10.2 Å². The second-order valence-corrected chi connectivity index (χ2v) is 11.6. The van der Waals surface area contributed by atoms with E-state index in [-0.39, 0.29) is 116 Å². The molecule has 13 nitrogen and oxygen atoms in total. The number of aromatic hydroxyl groups is 2. The zero-order chi connectivity index (χ0) is 26.6. The summed E-state index contributed by atoms with van der Waals surface area (Å²) in [6, 6.07) is 9.96. The zero-order valence-electron chi connectivity index (χ0n) is 17.5. The van der Waals surface area contributed by atoms with Crippen LogP contribution in [0.15, 0.2) is 79.5 Å². The number of hydrogen-bond donors (Lipinski definition) is 5. The van der Waals surface area contributed by atoms with Gasteiger partial charge in [-0.2, -0.15) is 25.3 Å². The Morgan fingerprint density at radius 1 is 0.564 bits per heavy atom. The van der Waals surface area contributed by atoms with Crippen molar-refractivity contribution in [3.05, 3.63) is 54.6 Å². The van der Waals surface area contributed by atoms with Crippen molar-refractivity contribution in [2.45, 2.75) is 14.7 Å². The molecular weight excluding hydrogens is 609 g/mol. The molecule has 0 aliphatic rings. The molecule has 0 aliphatic carbocycles. The molecule has 0 saturated carbocycles. The number of azo groups is 1. The van der Waals surface area contributed by atoms with E-state index in [0.29, 0.717) is 0 Å². The van der Waals surface area contributed by atoms with E-state index in [0.717, 1.165) is 30.3 Å². The molecule has 4 rings (SSSR count). The standard InChI is InChI=1S/C20H14N2O11S3.3Na.3H/c23-15-9-16(35(28,29)30)13-3-1-2-4-14(13)18(15)21-22-19-12-6-5-11(34(25,26)27)7-10(12)8-17(20(19)24)36(31,32)33;;;;;;/h1-9,23-24H,(H,25,26,27)(H,28,29,30)(H,31,32,33);;;;;;/b22-21+;;;;;;. The summed E-state index contributed by atoms with van der Waals surface area (Å²) in [7, 11) is -14.5. The molecule has 0 aromatic heterocycles. The Bertz CT molecular complexity index is 1950. The van der Waals surface area contributed by atoms with Gasteiger partial charge in [-0.15, -0.1) is 10.2 Å². The topological polar surface area (TPSA) is 228 Å². The van der Waals surface area contributed by atoms with E-state index in [9.17, 15) is 49.1 Å². The molecule has 0 atom stereocenters. The van der Waals surface area contributed by atoms with Gasteiger partial charge in [0.25, 0.3) is 30.4 Å². The number of nitrogens with zero attached hydrogens (tertiary/aromatic N) is 2. The van der Waals surface area contributed by atoms with E-state index in [4.69, 9.17) is 0 Å². The third-order valence-corrected chi connectivity index (χ3v) is 7.69. The summed E-state index contributed by atoms with van der Waals surface area (Å²) < 4.78 is 98.3. The van der Waals surface area contributed by atoms with Gasteiger partial charge in [-0.05, 0) is 23.6 Å². The minimum absolute atomic E-state index is 0. The first-order valence-corrected chi connectivity index (χ1v) is 13.8. The molecule has 0 bridgehead atoms. The van der Waals surface area contributed by atoms with Crippen molar-refractivity contribution in [3.63, 3.8) is 0 Å². The van der Waals surface area contributed by atoms with Crippen LogP contribution in [0, 0.1) is 0 Å². The molecule has 0 saturated heterocycles. The van der Waals surface area contributed by atoms with Crippen molar-refractivity contribution in [2.24, 2.45) is 10.2 Å². The second kappa shape index (κ2) is 13.1. The first-order valence-electron chi connectivity index (χ1n) is 9.47. The van der Waals surface area contributed by atoms with Gasteiger partial charge in [0.05, 0.1) is 4.90 Å². The van der Waals surface area contributed by atoms with Crippen LogP contribution < -0.4 is 0 Å². The number of phenolic OH excluding ortho intramolecular Hbond substituents is 2. The Labute approximate surface area is 288 Å². The van der Waals surface area contributed by atoms with Crippen LogP contribution in [0.25, 0.3) is 21.5 Å². The van der Waals surface area contributed by atoms with Gasteiger partial charge in [0.1, 0.15) is 26.9 Å². The Hall–Kier alpha value is -0.670. The van der Waals surface area contributed by atoms with E-state index in [2.05, 4.69) is 10.2 Å². The van der Waals surface area contributed by atoms with Gasteiger partial charge in [-0.3, -0.25) is 13.7 Å². The van der Waals surface area contributed by atoms with Crippen molar-refractivity contribution < 1.29 is 49.1 Å². The van der Waals surface area contributed by atoms with Crippen LogP contribution in [0.3, 0.4) is 0 Å². The summed E-state index contributed by atoms with van der Waals surface area (Å²) in [5, 5.41) is 28.3. The van der Waals surface area contributed by atoms with Gasteiger partial charge in [0.15, 0.2) is 5.75 Å². The maximum atomic E-state index is 11.8. The average Bonchev–Trinajstić information content (AvgIpc) is 2.76. The van der Waals surface area contributed by atoms with Gasteiger partial charge >= 0.3 is 88.7 Å². The monoisotopic (exact) mass is 626 g/mol. The van der Waals surface area contributed by atoms with Crippen molar-refractivity contribution in [3.8, 4) is 11.5 Å². The van der Waals surface area contributed by atoms with E-state index in [1.54, 1.807) is 0 Å². The van der Waals surface area contributed by atoms with Crippen LogP contribution in [0.2, 0.25) is 0 Å². The molecule has 4 aromatic rings. The Balaban J connectivity index is 0.00000253. The predicted molar refractivity (Wildman–Crippen MR) is 146 cm³/mol. The summed E-state index contributed by atoms with van der Waals surface area (Å²) in [6.45, 7) is 0. The number of hydrogen-bond acceptors (Lipinski definition) is 10. The van der Waals surface area contributed by atoms with E-state index in [1.807, 2.05) is 0 Å². The average molecular weight is 627 g/mol. The molecule has 0 spiro atoms. The Morgan fingerprint density at radius 3 is 1.64 bits per heavy atom. The minimum atomic E-state index is -5.05. The van der Waals surface area contributed by atoms with Crippen LogP contribution in [-0.4, -0.2) is 138 Å². The third kappa shape index (κ3) is 7.59. The number of benzene rings is 4. The molecule has 0 fully saturated rings. The van der Waals surface area contributed by atoms with Crippen LogP contribution >= 0.6 is 0 Å². The first-order chi connectivity index (χ1) is 16.6. The van der Waals surface area contributed by atoms with Crippen molar-refractivity contribution in [1.29, 1.82) is 0 Å². The predicted octanol–water partition coefficient (Wildman–Crippen LogP) is 1.61. The normalized spacial score (nSPS) is 12.1. The summed E-state index contributed by atoms with van der Waals surface area (Å²) in [4.78, 5) is -2.28. The first kappa shape index (κ1) is 36.4. The van der Waals surface area contributed by atoms with Gasteiger partial charge in [-0.25, -0.2) is 0 Å². The molecule has 194 valence electrons. The summed E-state index contributed by atoms with van der Waals surface area (Å²) >= 11 is 0. The molecule has 5 N–H and O–H groups in total. The van der Waals surface area contributed by atoms with Crippen molar-refractivity contribution in [2.75, 3.05) is 0 Å². The van der Waals surface area contributed by atoms with E-state index in [1.165, 1.54) is 24.3 Å². The fourth-order valence-corrected chi connectivity index (χ4v) is 5.37. The molecule has 4 aromatic carbocycles. The zero-order valence-corrected chi connectivity index (χ0v) is 20.0. The third-order valence-electron chi connectivity index (χ3n) is 5.08. The van der Waals surface area contributed by atoms with Crippen molar-refractivity contribution in [1.82, 2.24) is 0 Å². The van der Waals surface area contributed by atoms with Crippen LogP contribution in [-0.2, 0) is 30.4 Å². The molecular formula is C20H17N2Na3O11S3. The molecule has 39 heavy (non-hydrogen) atoms. The maximum absolute atomic E-state index is 11.8. The molecule has 19 heteroatoms. The van der Waals surface area contributed by atoms with Crippen LogP contribution in [0.4, 0.5) is 11.4 Å². The number of fused-ring (bicyclic) bond motifs is 2. The van der Waals surface area contributed by atoms with Crippen LogP contribution in [0.1, 0.15) is 0 Å². The van der Waals surface area contributed by atoms with Gasteiger partial charge in [0.2, 0.25) is 0 Å². The number of phenols is 2. The van der Waals surface area contributed by atoms with E-state index < -0.39 is 62.2 Å². The SMILES string of the molecule is O=S(=O)(O)c1ccc2c(/N=N/c3c(O)cc(S(=O)(=O)O)c4ccccc34)c(O)c(S(=O)(=O)O)cc2c1.[NaH].[NaH].[NaH]. The molecule has 0 aliphatic heterocycles. The van der Waals surface area contributed by atoms with Crippen LogP contribution in [0.5, 0.6) is 11.5 Å². The van der Waals surface area contributed by atoms with Gasteiger partial charge in [0, 0.05) is 22.2 Å². The van der Waals surface area contributed by atoms with Crippen molar-refractivity contribution >= 4 is 152 Å². The number of rotatable bonds is 5. The molecule has 0 amide bonds. The fraction of sp³-hybridized carbons (Fsp3) is 0. The van der Waals surface area contributed by atoms with E-state index >= 15 is 0 Å². The molecule has 0 unspecified atom stereocenters. The summed E-state index contributed by atoms with van der Waals surface area (Å²) in [6.07, 6.45) is 0. The molecule has 0 radical (unpaired) electrons. The van der Waals surface area contributed by atoms with Gasteiger partial charge in [-0.1, -0.05) is 30.3 Å².